The van der Waals surface area contributed by atoms with E-state index in [1.54, 1.807) is 18.1 Å². The Morgan fingerprint density at radius 2 is 1.82 bits per heavy atom. The largest absolute Gasteiger partial charge is 2.00 e. The summed E-state index contributed by atoms with van der Waals surface area (Å²) in [7, 11) is -0.157. The summed E-state index contributed by atoms with van der Waals surface area (Å²) in [5, 5.41) is 0. The Morgan fingerprint density at radius 1 is 1.27 bits per heavy atom. The summed E-state index contributed by atoms with van der Waals surface area (Å²) in [5.74, 6) is 0. The molecule has 62 valence electrons. The van der Waals surface area contributed by atoms with Crippen molar-refractivity contribution in [3.05, 3.63) is 6.42 Å². The van der Waals surface area contributed by atoms with E-state index < -0.39 is 0 Å². The van der Waals surface area contributed by atoms with Crippen LogP contribution in [0.4, 0.5) is 0 Å². The van der Waals surface area contributed by atoms with Gasteiger partial charge in [0.2, 0.25) is 0 Å². The first-order chi connectivity index (χ1) is 4.43. The van der Waals surface area contributed by atoms with Crippen molar-refractivity contribution in [2.75, 3.05) is 0 Å². The molecule has 0 aromatic carbocycles. The molecule has 1 heterocycles. The van der Waals surface area contributed by atoms with Crippen LogP contribution in [0.15, 0.2) is 0 Å². The molecule has 1 fully saturated rings. The molecule has 1 rings (SSSR count). The zero-order valence-electron chi connectivity index (χ0n) is 7.48. The summed E-state index contributed by atoms with van der Waals surface area (Å²) in [6.07, 6.45) is 6.80. The summed E-state index contributed by atoms with van der Waals surface area (Å²) >= 11 is 0. The van der Waals surface area contributed by atoms with Crippen LogP contribution in [0.1, 0.15) is 26.2 Å². The second kappa shape index (κ2) is 9.55. The summed E-state index contributed by atoms with van der Waals surface area (Å²) < 4.78 is 0. The van der Waals surface area contributed by atoms with Gasteiger partial charge < -0.3 is 23.4 Å². The van der Waals surface area contributed by atoms with E-state index in [9.17, 15) is 0 Å². The molecule has 0 saturated carbocycles. The van der Waals surface area contributed by atoms with E-state index in [0.29, 0.717) is 0 Å². The summed E-state index contributed by atoms with van der Waals surface area (Å²) in [4.78, 5) is 0. The van der Waals surface area contributed by atoms with Crippen LogP contribution in [-0.2, 0) is 0 Å². The van der Waals surface area contributed by atoms with Crippen molar-refractivity contribution >= 4 is 31.8 Å². The standard InChI is InChI=1S/C8H17Si.BrH.Mg/c1-2-6-9-7-4-3-5-8-9;;/h3,9H,2,4-8H2,1H3;1H;/q-1;;+2/p-1. The average Bonchev–Trinajstić information content (AvgIpc) is 1.91. The van der Waals surface area contributed by atoms with Crippen molar-refractivity contribution in [3.63, 3.8) is 0 Å². The van der Waals surface area contributed by atoms with Gasteiger partial charge in [0.1, 0.15) is 0 Å². The zero-order valence-corrected chi connectivity index (χ0v) is 11.6. The fraction of sp³-hybridized carbons (Fsp3) is 0.875. The van der Waals surface area contributed by atoms with Crippen LogP contribution in [0, 0.1) is 6.42 Å². The van der Waals surface area contributed by atoms with Gasteiger partial charge in [0.15, 0.2) is 0 Å². The molecule has 0 bridgehead atoms. The van der Waals surface area contributed by atoms with Gasteiger partial charge in [0.05, 0.1) is 0 Å². The topological polar surface area (TPSA) is 0 Å². The summed E-state index contributed by atoms with van der Waals surface area (Å²) in [6.45, 7) is 2.32. The number of rotatable bonds is 2. The van der Waals surface area contributed by atoms with Crippen LogP contribution in [0.2, 0.25) is 18.1 Å². The van der Waals surface area contributed by atoms with E-state index in [1.165, 1.54) is 19.3 Å². The number of halogens is 1. The van der Waals surface area contributed by atoms with Gasteiger partial charge in [0.25, 0.3) is 0 Å². The van der Waals surface area contributed by atoms with Gasteiger partial charge in [-0.3, -0.25) is 0 Å². The van der Waals surface area contributed by atoms with Crippen LogP contribution in [0.25, 0.3) is 0 Å². The molecule has 0 N–H and O–H groups in total. The molecule has 1 aliphatic heterocycles. The van der Waals surface area contributed by atoms with Crippen LogP contribution in [0.3, 0.4) is 0 Å². The molecule has 0 radical (unpaired) electrons. The van der Waals surface area contributed by atoms with Gasteiger partial charge in [-0.25, -0.2) is 0 Å². The summed E-state index contributed by atoms with van der Waals surface area (Å²) in [6, 6.07) is 4.81. The first-order valence-corrected chi connectivity index (χ1v) is 6.70. The Bertz CT molecular complexity index is 71.7. The zero-order chi connectivity index (χ0) is 6.53. The normalized spacial score (nSPS) is 18.3. The SMILES string of the molecule is CCC[SiH]1CC[CH-]CC1.[Br-].[Mg+2]. The molecule has 0 aromatic rings. The molecule has 0 aromatic heterocycles. The second-order valence-electron chi connectivity index (χ2n) is 3.10. The second-order valence-corrected chi connectivity index (χ2v) is 6.56. The maximum Gasteiger partial charge on any atom is 2.00 e. The minimum Gasteiger partial charge on any atom is -1.00 e. The maximum absolute atomic E-state index is 2.47. The molecule has 0 aliphatic carbocycles. The monoisotopic (exact) mass is 244 g/mol. The quantitative estimate of drug-likeness (QED) is 0.443. The summed E-state index contributed by atoms with van der Waals surface area (Å²) in [5.41, 5.74) is 0. The Kier molecular flexibility index (Phi) is 13.0. The first-order valence-electron chi connectivity index (χ1n) is 4.25. The third-order valence-corrected chi connectivity index (χ3v) is 5.95. The van der Waals surface area contributed by atoms with E-state index in [2.05, 4.69) is 13.3 Å². The van der Waals surface area contributed by atoms with Gasteiger partial charge in [-0.15, -0.1) is 0 Å². The van der Waals surface area contributed by atoms with Crippen molar-refractivity contribution in [2.45, 2.75) is 44.3 Å². The third-order valence-electron chi connectivity index (χ3n) is 2.26. The molecule has 11 heavy (non-hydrogen) atoms. The molecule has 3 heteroatoms. The average molecular weight is 246 g/mol. The van der Waals surface area contributed by atoms with Gasteiger partial charge in [0, 0.05) is 8.80 Å². The fourth-order valence-corrected chi connectivity index (χ4v) is 4.79. The van der Waals surface area contributed by atoms with Crippen LogP contribution in [-0.4, -0.2) is 31.8 Å². The fourth-order valence-electron chi connectivity index (χ4n) is 1.69. The van der Waals surface area contributed by atoms with E-state index >= 15 is 0 Å². The van der Waals surface area contributed by atoms with Crippen LogP contribution < -0.4 is 17.0 Å². The predicted molar refractivity (Wildman–Crippen MR) is 51.1 cm³/mol. The van der Waals surface area contributed by atoms with E-state index in [4.69, 9.17) is 0 Å². The molecular weight excluding hydrogens is 228 g/mol. The van der Waals surface area contributed by atoms with E-state index in [0.717, 1.165) is 0 Å². The molecule has 0 unspecified atom stereocenters. The van der Waals surface area contributed by atoms with Crippen molar-refractivity contribution in [1.82, 2.24) is 0 Å². The number of hydrogen-bond donors (Lipinski definition) is 0. The third kappa shape index (κ3) is 6.61. The smallest absolute Gasteiger partial charge is 1.00 e. The number of hydrogen-bond acceptors (Lipinski definition) is 0. The van der Waals surface area contributed by atoms with Crippen LogP contribution in [0.5, 0.6) is 0 Å². The Balaban J connectivity index is 0. The first kappa shape index (κ1) is 15.0. The molecule has 1 aliphatic rings. The Hall–Kier alpha value is 1.46. The van der Waals surface area contributed by atoms with Gasteiger partial charge >= 0.3 is 23.1 Å². The van der Waals surface area contributed by atoms with Crippen molar-refractivity contribution in [3.8, 4) is 0 Å². The van der Waals surface area contributed by atoms with E-state index in [1.807, 2.05) is 0 Å². The minimum absolute atomic E-state index is 0. The van der Waals surface area contributed by atoms with Gasteiger partial charge in [-0.1, -0.05) is 31.5 Å². The molecule has 0 nitrogen and oxygen atoms in total. The van der Waals surface area contributed by atoms with Crippen molar-refractivity contribution < 1.29 is 17.0 Å². The predicted octanol–water partition coefficient (Wildman–Crippen LogP) is -0.755. The molecule has 0 spiro atoms. The van der Waals surface area contributed by atoms with Crippen molar-refractivity contribution in [2.24, 2.45) is 0 Å². The molecule has 0 atom stereocenters. The van der Waals surface area contributed by atoms with Crippen molar-refractivity contribution in [1.29, 1.82) is 0 Å². The molecule has 1 saturated heterocycles. The van der Waals surface area contributed by atoms with Gasteiger partial charge in [-0.05, 0) is 0 Å². The Labute approximate surface area is 99.0 Å². The molecule has 0 amide bonds. The van der Waals surface area contributed by atoms with E-state index in [-0.39, 0.29) is 48.8 Å². The maximum atomic E-state index is 2.47. The molecular formula is C8H17BrMgSi. The van der Waals surface area contributed by atoms with Gasteiger partial charge in [-0.2, -0.15) is 12.8 Å². The minimum atomic E-state index is -0.157. The Morgan fingerprint density at radius 3 is 2.27 bits per heavy atom. The van der Waals surface area contributed by atoms with Crippen LogP contribution >= 0.6 is 0 Å².